The molecule has 0 aliphatic rings. The van der Waals surface area contributed by atoms with Crippen molar-refractivity contribution in [1.82, 2.24) is 5.16 Å². The Morgan fingerprint density at radius 3 is 2.25 bits per heavy atom. The molecule has 0 saturated carbocycles. The molecule has 6 nitrogen and oxygen atoms in total. The minimum Gasteiger partial charge on any atom is -0.457 e. The molecular weight excluding hydrogens is 498 g/mol. The summed E-state index contributed by atoms with van der Waals surface area (Å²) in [5.74, 6) is -1.62. The van der Waals surface area contributed by atoms with E-state index in [0.29, 0.717) is 38.3 Å². The lowest BCUT2D eigenvalue weighted by Gasteiger charge is -2.24. The summed E-state index contributed by atoms with van der Waals surface area (Å²) in [7, 11) is 0. The number of benzene rings is 2. The van der Waals surface area contributed by atoms with Crippen LogP contribution in [0.1, 0.15) is 20.8 Å². The number of anilines is 1. The van der Waals surface area contributed by atoms with Crippen LogP contribution in [0.2, 0.25) is 10.0 Å². The van der Waals surface area contributed by atoms with Crippen molar-refractivity contribution < 1.29 is 18.8 Å². The van der Waals surface area contributed by atoms with Gasteiger partial charge in [0.1, 0.15) is 11.3 Å². The van der Waals surface area contributed by atoms with Gasteiger partial charge >= 0.3 is 5.97 Å². The molecule has 1 aromatic heterocycles. The van der Waals surface area contributed by atoms with Gasteiger partial charge in [-0.15, -0.1) is 0 Å². The van der Waals surface area contributed by atoms with Crippen LogP contribution in [0.5, 0.6) is 0 Å². The predicted molar refractivity (Wildman–Crippen MR) is 126 cm³/mol. The molecule has 168 valence electrons. The Balaban J connectivity index is 1.82. The average Bonchev–Trinajstić information content (AvgIpc) is 3.16. The maximum atomic E-state index is 12.5. The Morgan fingerprint density at radius 2 is 1.62 bits per heavy atom. The van der Waals surface area contributed by atoms with Gasteiger partial charge in [-0.3, -0.25) is 4.79 Å². The van der Waals surface area contributed by atoms with Gasteiger partial charge in [0.15, 0.2) is 5.76 Å². The highest BCUT2D eigenvalue weighted by atomic mass is 35.5. The molecule has 0 radical (unpaired) electrons. The number of halogens is 4. The van der Waals surface area contributed by atoms with Gasteiger partial charge in [0.05, 0.1) is 10.0 Å². The molecule has 1 heterocycles. The number of rotatable bonds is 5. The lowest BCUT2D eigenvalue weighted by Crippen LogP contribution is -2.44. The molecule has 0 saturated heterocycles. The van der Waals surface area contributed by atoms with Gasteiger partial charge in [0, 0.05) is 22.9 Å². The van der Waals surface area contributed by atoms with E-state index in [1.54, 1.807) is 69.3 Å². The van der Waals surface area contributed by atoms with E-state index in [1.807, 2.05) is 0 Å². The van der Waals surface area contributed by atoms with E-state index in [1.165, 1.54) is 0 Å². The van der Waals surface area contributed by atoms with Crippen LogP contribution in [-0.2, 0) is 14.3 Å². The summed E-state index contributed by atoms with van der Waals surface area (Å²) < 4.78 is 8.11. The molecule has 0 aliphatic carbocycles. The van der Waals surface area contributed by atoms with Crippen molar-refractivity contribution in [1.29, 1.82) is 0 Å². The van der Waals surface area contributed by atoms with E-state index >= 15 is 0 Å². The fraction of sp³-hybridized carbons (Fsp3) is 0.227. The number of nitrogens with zero attached hydrogens (tertiary/aromatic N) is 1. The Labute approximate surface area is 204 Å². The second-order valence-corrected chi connectivity index (χ2v) is 9.93. The molecule has 0 spiro atoms. The van der Waals surface area contributed by atoms with E-state index in [-0.39, 0.29) is 0 Å². The monoisotopic (exact) mass is 514 g/mol. The molecule has 0 atom stereocenters. The van der Waals surface area contributed by atoms with Crippen LogP contribution in [-0.4, -0.2) is 27.0 Å². The van der Waals surface area contributed by atoms with Gasteiger partial charge in [-0.05, 0) is 45.0 Å². The third-order valence-corrected chi connectivity index (χ3v) is 5.36. The largest absolute Gasteiger partial charge is 0.457 e. The fourth-order valence-corrected chi connectivity index (χ4v) is 3.43. The van der Waals surface area contributed by atoms with Crippen molar-refractivity contribution in [3.63, 3.8) is 0 Å². The van der Waals surface area contributed by atoms with Gasteiger partial charge in [0.2, 0.25) is 0 Å². The zero-order valence-electron chi connectivity index (χ0n) is 17.2. The number of aromatic nitrogens is 1. The van der Waals surface area contributed by atoms with Crippen molar-refractivity contribution >= 4 is 64.0 Å². The standard InChI is InChI=1S/C22H18Cl4N2O4/c1-21(2,3)31-20(30)22(25,26)19(29)27-13-7-4-6-12(10-13)17-11-16(28-32-17)18-14(23)8-5-9-15(18)24/h4-11H,1-3H3,(H,27,29). The first-order valence-electron chi connectivity index (χ1n) is 9.33. The predicted octanol–water partition coefficient (Wildman–Crippen LogP) is 6.77. The van der Waals surface area contributed by atoms with Crippen LogP contribution < -0.4 is 5.32 Å². The van der Waals surface area contributed by atoms with E-state index in [9.17, 15) is 9.59 Å². The lowest BCUT2D eigenvalue weighted by molar-refractivity contribution is -0.156. The van der Waals surface area contributed by atoms with Crippen molar-refractivity contribution in [2.75, 3.05) is 5.32 Å². The molecule has 2 aromatic carbocycles. The molecule has 3 rings (SSSR count). The molecule has 3 aromatic rings. The van der Waals surface area contributed by atoms with Gasteiger partial charge in [0.25, 0.3) is 10.2 Å². The highest BCUT2D eigenvalue weighted by Gasteiger charge is 2.45. The van der Waals surface area contributed by atoms with Gasteiger partial charge in [-0.25, -0.2) is 4.79 Å². The van der Waals surface area contributed by atoms with E-state index in [2.05, 4.69) is 10.5 Å². The van der Waals surface area contributed by atoms with Crippen LogP contribution in [0.3, 0.4) is 0 Å². The summed E-state index contributed by atoms with van der Waals surface area (Å²) in [5, 5.41) is 7.41. The normalized spacial score (nSPS) is 11.8. The third-order valence-electron chi connectivity index (χ3n) is 4.07. The van der Waals surface area contributed by atoms with Crippen molar-refractivity contribution in [2.24, 2.45) is 0 Å². The van der Waals surface area contributed by atoms with Crippen LogP contribution in [0.15, 0.2) is 53.1 Å². The van der Waals surface area contributed by atoms with Crippen LogP contribution in [0, 0.1) is 0 Å². The van der Waals surface area contributed by atoms with E-state index < -0.39 is 21.8 Å². The van der Waals surface area contributed by atoms with Gasteiger partial charge in [-0.1, -0.05) is 69.8 Å². The molecule has 0 fully saturated rings. The summed E-state index contributed by atoms with van der Waals surface area (Å²) in [6.45, 7) is 4.91. The van der Waals surface area contributed by atoms with E-state index in [4.69, 9.17) is 55.7 Å². The SMILES string of the molecule is CC(C)(C)OC(=O)C(Cl)(Cl)C(=O)Nc1cccc(-c2cc(-c3c(Cl)cccc3Cl)no2)c1. The molecule has 0 bridgehead atoms. The first kappa shape index (κ1) is 24.4. The minimum atomic E-state index is -2.43. The molecule has 10 heteroatoms. The number of hydrogen-bond donors (Lipinski definition) is 1. The number of ether oxygens (including phenoxy) is 1. The summed E-state index contributed by atoms with van der Waals surface area (Å²) in [4.78, 5) is 24.7. The smallest absolute Gasteiger partial charge is 0.353 e. The molecule has 32 heavy (non-hydrogen) atoms. The second kappa shape index (κ2) is 9.32. The quantitative estimate of drug-likeness (QED) is 0.230. The van der Waals surface area contributed by atoms with Crippen LogP contribution in [0.25, 0.3) is 22.6 Å². The Morgan fingerprint density at radius 1 is 1.00 bits per heavy atom. The van der Waals surface area contributed by atoms with Gasteiger partial charge < -0.3 is 14.6 Å². The van der Waals surface area contributed by atoms with Crippen LogP contribution >= 0.6 is 46.4 Å². The Kier molecular flexibility index (Phi) is 7.10. The number of nitrogens with one attached hydrogen (secondary N) is 1. The topological polar surface area (TPSA) is 81.4 Å². The Bertz CT molecular complexity index is 1150. The molecular formula is C22H18Cl4N2O4. The Hall–Kier alpha value is -2.25. The van der Waals surface area contributed by atoms with Crippen molar-refractivity contribution in [3.8, 4) is 22.6 Å². The van der Waals surface area contributed by atoms with Crippen molar-refractivity contribution in [3.05, 3.63) is 58.6 Å². The highest BCUT2D eigenvalue weighted by molar-refractivity contribution is 6.68. The average molecular weight is 516 g/mol. The number of amides is 1. The fourth-order valence-electron chi connectivity index (χ4n) is 2.67. The molecule has 1 N–H and O–H groups in total. The molecule has 0 aliphatic heterocycles. The molecule has 1 amide bonds. The number of esters is 1. The first-order chi connectivity index (χ1) is 14.9. The first-order valence-corrected chi connectivity index (χ1v) is 10.8. The number of alkyl halides is 2. The maximum Gasteiger partial charge on any atom is 0.353 e. The zero-order valence-corrected chi connectivity index (χ0v) is 20.2. The second-order valence-electron chi connectivity index (χ2n) is 7.78. The summed E-state index contributed by atoms with van der Waals surface area (Å²) >= 11 is 24.4. The number of carbonyl (C=O) groups is 2. The summed E-state index contributed by atoms with van der Waals surface area (Å²) in [6.07, 6.45) is 0. The maximum absolute atomic E-state index is 12.5. The van der Waals surface area contributed by atoms with Crippen molar-refractivity contribution in [2.45, 2.75) is 30.7 Å². The van der Waals surface area contributed by atoms with E-state index in [0.717, 1.165) is 0 Å². The summed E-state index contributed by atoms with van der Waals surface area (Å²) in [5.41, 5.74) is 1.06. The highest BCUT2D eigenvalue weighted by Crippen LogP contribution is 2.36. The number of hydrogen-bond acceptors (Lipinski definition) is 5. The van der Waals surface area contributed by atoms with Crippen LogP contribution in [0.4, 0.5) is 5.69 Å². The minimum absolute atomic E-state index is 0.329. The molecule has 0 unspecified atom stereocenters. The zero-order chi connectivity index (χ0) is 23.7. The number of carbonyl (C=O) groups excluding carboxylic acids is 2. The van der Waals surface area contributed by atoms with Gasteiger partial charge in [-0.2, -0.15) is 0 Å². The lowest BCUT2D eigenvalue weighted by atomic mass is 10.1. The third kappa shape index (κ3) is 5.56. The summed E-state index contributed by atoms with van der Waals surface area (Å²) in [6, 6.07) is 13.4.